The summed E-state index contributed by atoms with van der Waals surface area (Å²) in [6.45, 7) is 8.25. The van der Waals surface area contributed by atoms with Crippen LogP contribution in [0.3, 0.4) is 0 Å². The molecule has 0 aliphatic rings. The fraction of sp³-hybridized carbons (Fsp3) is 0.286. The molecule has 6 heteroatoms. The molecule has 0 bridgehead atoms. The number of aromatic nitrogens is 4. The maximum Gasteiger partial charge on any atom is 0.138 e. The molecule has 0 aliphatic heterocycles. The number of anilines is 1. The fourth-order valence-corrected chi connectivity index (χ4v) is 3.97. The van der Waals surface area contributed by atoms with Crippen LogP contribution in [0.1, 0.15) is 27.2 Å². The molecule has 0 radical (unpaired) electrons. The average molecular weight is 454 g/mol. The Morgan fingerprint density at radius 2 is 1.44 bits per heavy atom. The third-order valence-corrected chi connectivity index (χ3v) is 6.23. The number of benzene rings is 3. The Kier molecular flexibility index (Phi) is 5.97. The summed E-state index contributed by atoms with van der Waals surface area (Å²) in [5, 5.41) is 0. The third kappa shape index (κ3) is 4.49. The number of nitrogens with one attached hydrogen (secondary N) is 2. The van der Waals surface area contributed by atoms with Crippen LogP contribution in [0.25, 0.3) is 44.8 Å². The molecule has 0 amide bonds. The second-order valence-corrected chi connectivity index (χ2v) is 9.17. The van der Waals surface area contributed by atoms with Crippen molar-refractivity contribution in [3.63, 3.8) is 0 Å². The Labute approximate surface area is 200 Å². The summed E-state index contributed by atoms with van der Waals surface area (Å²) in [5.41, 5.74) is 7.15. The van der Waals surface area contributed by atoms with E-state index >= 15 is 0 Å². The zero-order chi connectivity index (χ0) is 23.7. The number of imidazole rings is 2. The van der Waals surface area contributed by atoms with Crippen LogP contribution in [-0.4, -0.2) is 40.1 Å². The standard InChI is InChI=1S/C28H31N5O/c1-5-33(4)21-9-13-24-26(17-21)32-28(30-24)20-8-12-23-25(16-20)31-27(29-23)19-6-10-22(11-7-19)34-15-14-18(2)3/h6-13,16-18H,5,14-15H2,1-4H3,(H,29,31)(H,30,32). The minimum atomic E-state index is 0.638. The van der Waals surface area contributed by atoms with E-state index in [1.165, 1.54) is 5.69 Å². The molecule has 2 aromatic heterocycles. The van der Waals surface area contributed by atoms with Crippen molar-refractivity contribution in [3.05, 3.63) is 60.7 Å². The molecule has 2 heterocycles. The number of rotatable bonds is 8. The first-order valence-electron chi connectivity index (χ1n) is 11.9. The van der Waals surface area contributed by atoms with E-state index in [9.17, 15) is 0 Å². The van der Waals surface area contributed by atoms with Crippen LogP contribution in [0, 0.1) is 5.92 Å². The minimum absolute atomic E-state index is 0.638. The number of hydrogen-bond acceptors (Lipinski definition) is 4. The van der Waals surface area contributed by atoms with E-state index in [0.29, 0.717) is 5.92 Å². The highest BCUT2D eigenvalue weighted by atomic mass is 16.5. The van der Waals surface area contributed by atoms with Gasteiger partial charge in [-0.15, -0.1) is 0 Å². The predicted octanol–water partition coefficient (Wildman–Crippen LogP) is 6.65. The highest BCUT2D eigenvalue weighted by Crippen LogP contribution is 2.28. The normalized spacial score (nSPS) is 11.6. The van der Waals surface area contributed by atoms with Crippen LogP contribution < -0.4 is 9.64 Å². The van der Waals surface area contributed by atoms with Gasteiger partial charge in [-0.3, -0.25) is 0 Å². The maximum absolute atomic E-state index is 5.84. The Balaban J connectivity index is 1.38. The molecule has 3 aromatic carbocycles. The van der Waals surface area contributed by atoms with Crippen LogP contribution in [0.2, 0.25) is 0 Å². The molecule has 0 unspecified atom stereocenters. The first-order chi connectivity index (χ1) is 16.5. The fourth-order valence-electron chi connectivity index (χ4n) is 3.97. The van der Waals surface area contributed by atoms with Gasteiger partial charge in [0.1, 0.15) is 17.4 Å². The van der Waals surface area contributed by atoms with E-state index in [0.717, 1.165) is 70.2 Å². The predicted molar refractivity (Wildman–Crippen MR) is 141 cm³/mol. The zero-order valence-electron chi connectivity index (χ0n) is 20.2. The lowest BCUT2D eigenvalue weighted by molar-refractivity contribution is 0.289. The number of H-pyrrole nitrogens is 2. The maximum atomic E-state index is 5.84. The molecule has 0 aliphatic carbocycles. The van der Waals surface area contributed by atoms with Gasteiger partial charge in [0.05, 0.1) is 28.7 Å². The van der Waals surface area contributed by atoms with E-state index in [4.69, 9.17) is 14.7 Å². The molecule has 34 heavy (non-hydrogen) atoms. The summed E-state index contributed by atoms with van der Waals surface area (Å²) in [5.74, 6) is 3.23. The van der Waals surface area contributed by atoms with Gasteiger partial charge in [-0.1, -0.05) is 13.8 Å². The molecule has 0 saturated carbocycles. The van der Waals surface area contributed by atoms with Crippen molar-refractivity contribution in [1.82, 2.24) is 19.9 Å². The van der Waals surface area contributed by atoms with Crippen LogP contribution in [0.5, 0.6) is 5.75 Å². The Morgan fingerprint density at radius 3 is 2.12 bits per heavy atom. The Bertz CT molecular complexity index is 1410. The number of ether oxygens (including phenoxy) is 1. The summed E-state index contributed by atoms with van der Waals surface area (Å²) < 4.78 is 5.84. The molecule has 174 valence electrons. The third-order valence-electron chi connectivity index (χ3n) is 6.23. The van der Waals surface area contributed by atoms with Gasteiger partial charge in [0, 0.05) is 30.4 Å². The lowest BCUT2D eigenvalue weighted by Gasteiger charge is -2.16. The number of nitrogens with zero attached hydrogens (tertiary/aromatic N) is 3. The molecule has 5 rings (SSSR count). The molecule has 0 saturated heterocycles. The van der Waals surface area contributed by atoms with Crippen molar-refractivity contribution in [2.45, 2.75) is 27.2 Å². The number of hydrogen-bond donors (Lipinski definition) is 2. The highest BCUT2D eigenvalue weighted by molar-refractivity contribution is 5.87. The van der Waals surface area contributed by atoms with Gasteiger partial charge in [-0.25, -0.2) is 9.97 Å². The second kappa shape index (κ2) is 9.21. The van der Waals surface area contributed by atoms with E-state index in [1.54, 1.807) is 0 Å². The first-order valence-corrected chi connectivity index (χ1v) is 11.9. The summed E-state index contributed by atoms with van der Waals surface area (Å²) in [7, 11) is 2.09. The summed E-state index contributed by atoms with van der Waals surface area (Å²) in [6, 6.07) is 20.7. The van der Waals surface area contributed by atoms with Crippen molar-refractivity contribution in [3.8, 4) is 28.5 Å². The monoisotopic (exact) mass is 453 g/mol. The summed E-state index contributed by atoms with van der Waals surface area (Å²) in [6.07, 6.45) is 1.05. The molecular weight excluding hydrogens is 422 g/mol. The lowest BCUT2D eigenvalue weighted by atomic mass is 10.1. The zero-order valence-corrected chi connectivity index (χ0v) is 20.2. The van der Waals surface area contributed by atoms with Crippen molar-refractivity contribution in [2.24, 2.45) is 5.92 Å². The van der Waals surface area contributed by atoms with Crippen LogP contribution in [0.4, 0.5) is 5.69 Å². The molecule has 0 fully saturated rings. The molecule has 0 spiro atoms. The topological polar surface area (TPSA) is 69.8 Å². The van der Waals surface area contributed by atoms with Crippen LogP contribution in [-0.2, 0) is 0 Å². The summed E-state index contributed by atoms with van der Waals surface area (Å²) >= 11 is 0. The quantitative estimate of drug-likeness (QED) is 0.276. The van der Waals surface area contributed by atoms with E-state index in [-0.39, 0.29) is 0 Å². The van der Waals surface area contributed by atoms with Gasteiger partial charge in [0.15, 0.2) is 0 Å². The van der Waals surface area contributed by atoms with Gasteiger partial charge in [-0.05, 0) is 79.9 Å². The number of aromatic amines is 2. The van der Waals surface area contributed by atoms with Crippen molar-refractivity contribution < 1.29 is 4.74 Å². The lowest BCUT2D eigenvalue weighted by Crippen LogP contribution is -2.15. The molecule has 0 atom stereocenters. The first kappa shape index (κ1) is 22.0. The van der Waals surface area contributed by atoms with Gasteiger partial charge in [0.2, 0.25) is 0 Å². The van der Waals surface area contributed by atoms with Crippen molar-refractivity contribution in [1.29, 1.82) is 0 Å². The SMILES string of the molecule is CCN(C)c1ccc2nc(-c3ccc4nc(-c5ccc(OCCC(C)C)cc5)[nH]c4c3)[nH]c2c1. The van der Waals surface area contributed by atoms with Gasteiger partial charge in [0.25, 0.3) is 0 Å². The molecule has 5 aromatic rings. The molecule has 6 nitrogen and oxygen atoms in total. The number of fused-ring (bicyclic) bond motifs is 2. The average Bonchev–Trinajstić information content (AvgIpc) is 3.47. The van der Waals surface area contributed by atoms with E-state index < -0.39 is 0 Å². The summed E-state index contributed by atoms with van der Waals surface area (Å²) in [4.78, 5) is 18.7. The molecule has 2 N–H and O–H groups in total. The van der Waals surface area contributed by atoms with Crippen molar-refractivity contribution >= 4 is 27.8 Å². The van der Waals surface area contributed by atoms with Crippen LogP contribution >= 0.6 is 0 Å². The van der Waals surface area contributed by atoms with Gasteiger partial charge < -0.3 is 19.6 Å². The van der Waals surface area contributed by atoms with Gasteiger partial charge >= 0.3 is 0 Å². The highest BCUT2D eigenvalue weighted by Gasteiger charge is 2.11. The largest absolute Gasteiger partial charge is 0.494 e. The Morgan fingerprint density at radius 1 is 0.824 bits per heavy atom. The van der Waals surface area contributed by atoms with E-state index in [1.807, 2.05) is 30.3 Å². The van der Waals surface area contributed by atoms with Crippen LogP contribution in [0.15, 0.2) is 60.7 Å². The van der Waals surface area contributed by atoms with Gasteiger partial charge in [-0.2, -0.15) is 0 Å². The smallest absolute Gasteiger partial charge is 0.138 e. The molecular formula is C28H31N5O. The minimum Gasteiger partial charge on any atom is -0.494 e. The van der Waals surface area contributed by atoms with Crippen molar-refractivity contribution in [2.75, 3.05) is 25.1 Å². The van der Waals surface area contributed by atoms with E-state index in [2.05, 4.69) is 73.0 Å². The Hall–Kier alpha value is -3.80. The second-order valence-electron chi connectivity index (χ2n) is 9.17.